The molecule has 21 heavy (non-hydrogen) atoms. The number of thiazole rings is 1. The SMILES string of the molecule is Cc1csc(Nc2c(C)n(C)n(-c3ccccc3)c2=O)n1. The average Bonchev–Trinajstić information content (AvgIpc) is 2.98. The summed E-state index contributed by atoms with van der Waals surface area (Å²) in [6, 6.07) is 9.60. The smallest absolute Gasteiger partial charge is 0.295 e. The van der Waals surface area contributed by atoms with Gasteiger partial charge < -0.3 is 5.32 Å². The van der Waals surface area contributed by atoms with Gasteiger partial charge in [-0.05, 0) is 26.0 Å². The molecule has 108 valence electrons. The number of hydrogen-bond acceptors (Lipinski definition) is 4. The maximum absolute atomic E-state index is 12.7. The molecule has 0 unspecified atom stereocenters. The number of benzene rings is 1. The Hall–Kier alpha value is -2.34. The van der Waals surface area contributed by atoms with Gasteiger partial charge in [0.15, 0.2) is 5.13 Å². The van der Waals surface area contributed by atoms with Crippen LogP contribution in [-0.4, -0.2) is 14.3 Å². The molecule has 0 saturated carbocycles. The first-order chi connectivity index (χ1) is 10.1. The van der Waals surface area contributed by atoms with Crippen molar-refractivity contribution < 1.29 is 0 Å². The summed E-state index contributed by atoms with van der Waals surface area (Å²) >= 11 is 1.49. The Morgan fingerprint density at radius 2 is 1.90 bits per heavy atom. The van der Waals surface area contributed by atoms with Gasteiger partial charge in [-0.3, -0.25) is 9.48 Å². The van der Waals surface area contributed by atoms with Crippen molar-refractivity contribution in [2.24, 2.45) is 7.05 Å². The fraction of sp³-hybridized carbons (Fsp3) is 0.200. The first-order valence-electron chi connectivity index (χ1n) is 6.61. The Morgan fingerprint density at radius 1 is 1.19 bits per heavy atom. The maximum atomic E-state index is 12.7. The van der Waals surface area contributed by atoms with Gasteiger partial charge in [0, 0.05) is 12.4 Å². The Labute approximate surface area is 126 Å². The fourth-order valence-corrected chi connectivity index (χ4v) is 2.92. The summed E-state index contributed by atoms with van der Waals surface area (Å²) in [4.78, 5) is 17.0. The molecule has 0 aliphatic rings. The molecule has 0 spiro atoms. The zero-order valence-electron chi connectivity index (χ0n) is 12.1. The molecule has 2 aromatic heterocycles. The second kappa shape index (κ2) is 5.21. The van der Waals surface area contributed by atoms with E-state index >= 15 is 0 Å². The van der Waals surface area contributed by atoms with Crippen molar-refractivity contribution in [3.8, 4) is 5.69 Å². The van der Waals surface area contributed by atoms with E-state index in [2.05, 4.69) is 10.3 Å². The third kappa shape index (κ3) is 2.38. The molecule has 3 rings (SSSR count). The van der Waals surface area contributed by atoms with Gasteiger partial charge in [-0.2, -0.15) is 0 Å². The second-order valence-electron chi connectivity index (χ2n) is 4.86. The lowest BCUT2D eigenvalue weighted by Crippen LogP contribution is -2.20. The van der Waals surface area contributed by atoms with Crippen LogP contribution >= 0.6 is 11.3 Å². The first kappa shape index (κ1) is 13.6. The van der Waals surface area contributed by atoms with E-state index in [0.717, 1.165) is 22.2 Å². The van der Waals surface area contributed by atoms with Gasteiger partial charge in [0.05, 0.1) is 17.1 Å². The Kier molecular flexibility index (Phi) is 3.39. The molecule has 0 radical (unpaired) electrons. The molecule has 0 atom stereocenters. The largest absolute Gasteiger partial charge is 0.325 e. The molecule has 1 aromatic carbocycles. The molecule has 3 aromatic rings. The summed E-state index contributed by atoms with van der Waals surface area (Å²) in [5, 5.41) is 5.83. The standard InChI is InChI=1S/C15H16N4OS/c1-10-9-21-15(16-10)17-13-11(2)18(3)19(14(13)20)12-7-5-4-6-8-12/h4-9H,1-3H3,(H,16,17). The van der Waals surface area contributed by atoms with Crippen LogP contribution in [0.3, 0.4) is 0 Å². The average molecular weight is 300 g/mol. The monoisotopic (exact) mass is 300 g/mol. The summed E-state index contributed by atoms with van der Waals surface area (Å²) in [5.74, 6) is 0. The summed E-state index contributed by atoms with van der Waals surface area (Å²) in [6.45, 7) is 3.85. The highest BCUT2D eigenvalue weighted by atomic mass is 32.1. The van der Waals surface area contributed by atoms with Crippen LogP contribution in [0.15, 0.2) is 40.5 Å². The van der Waals surface area contributed by atoms with Crippen LogP contribution in [0, 0.1) is 13.8 Å². The number of para-hydroxylation sites is 1. The normalized spacial score (nSPS) is 10.8. The highest BCUT2D eigenvalue weighted by Gasteiger charge is 2.16. The van der Waals surface area contributed by atoms with Gasteiger partial charge in [-0.15, -0.1) is 11.3 Å². The topological polar surface area (TPSA) is 51.9 Å². The molecule has 5 nitrogen and oxygen atoms in total. The van der Waals surface area contributed by atoms with E-state index in [1.54, 1.807) is 4.68 Å². The fourth-order valence-electron chi connectivity index (χ4n) is 2.23. The molecule has 0 saturated heterocycles. The lowest BCUT2D eigenvalue weighted by Gasteiger charge is -2.07. The molecule has 2 heterocycles. The van der Waals surface area contributed by atoms with Crippen molar-refractivity contribution in [1.82, 2.24) is 14.3 Å². The maximum Gasteiger partial charge on any atom is 0.295 e. The first-order valence-corrected chi connectivity index (χ1v) is 7.49. The van der Waals surface area contributed by atoms with Gasteiger partial charge in [0.2, 0.25) is 0 Å². The van der Waals surface area contributed by atoms with Crippen molar-refractivity contribution in [3.05, 3.63) is 57.5 Å². The van der Waals surface area contributed by atoms with Gasteiger partial charge in [0.25, 0.3) is 5.56 Å². The molecule has 6 heteroatoms. The van der Waals surface area contributed by atoms with Crippen LogP contribution in [0.5, 0.6) is 0 Å². The number of rotatable bonds is 3. The number of aromatic nitrogens is 3. The van der Waals surface area contributed by atoms with Gasteiger partial charge in [-0.1, -0.05) is 18.2 Å². The molecular weight excluding hydrogens is 284 g/mol. The van der Waals surface area contributed by atoms with Crippen molar-refractivity contribution in [2.75, 3.05) is 5.32 Å². The summed E-state index contributed by atoms with van der Waals surface area (Å²) < 4.78 is 3.50. The van der Waals surface area contributed by atoms with Crippen molar-refractivity contribution in [2.45, 2.75) is 13.8 Å². The lowest BCUT2D eigenvalue weighted by atomic mass is 10.3. The molecule has 0 amide bonds. The van der Waals surface area contributed by atoms with Gasteiger partial charge >= 0.3 is 0 Å². The van der Waals surface area contributed by atoms with Crippen LogP contribution in [0.1, 0.15) is 11.4 Å². The second-order valence-corrected chi connectivity index (χ2v) is 5.71. The number of nitrogens with one attached hydrogen (secondary N) is 1. The van der Waals surface area contributed by atoms with Gasteiger partial charge in [0.1, 0.15) is 5.69 Å². The van der Waals surface area contributed by atoms with Gasteiger partial charge in [-0.25, -0.2) is 9.67 Å². The van der Waals surface area contributed by atoms with E-state index in [1.165, 1.54) is 11.3 Å². The van der Waals surface area contributed by atoms with Crippen molar-refractivity contribution >= 4 is 22.2 Å². The minimum atomic E-state index is -0.0750. The molecule has 0 aliphatic carbocycles. The lowest BCUT2D eigenvalue weighted by molar-refractivity contribution is 0.630. The molecule has 1 N–H and O–H groups in total. The van der Waals surface area contributed by atoms with E-state index in [0.29, 0.717) is 5.69 Å². The van der Waals surface area contributed by atoms with E-state index < -0.39 is 0 Å². The zero-order chi connectivity index (χ0) is 15.0. The quantitative estimate of drug-likeness (QED) is 0.809. The Morgan fingerprint density at radius 3 is 2.52 bits per heavy atom. The van der Waals surface area contributed by atoms with Crippen LogP contribution in [0.2, 0.25) is 0 Å². The summed E-state index contributed by atoms with van der Waals surface area (Å²) in [5.41, 5.74) is 3.15. The van der Waals surface area contributed by atoms with E-state index in [1.807, 2.05) is 61.3 Å². The number of hydrogen-bond donors (Lipinski definition) is 1. The molecule has 0 bridgehead atoms. The Balaban J connectivity index is 2.09. The van der Waals surface area contributed by atoms with Crippen LogP contribution in [0.4, 0.5) is 10.8 Å². The highest BCUT2D eigenvalue weighted by Crippen LogP contribution is 2.21. The van der Waals surface area contributed by atoms with Crippen LogP contribution < -0.4 is 10.9 Å². The Bertz CT molecular complexity index is 829. The van der Waals surface area contributed by atoms with Crippen LogP contribution in [0.25, 0.3) is 5.69 Å². The van der Waals surface area contributed by atoms with E-state index in [9.17, 15) is 4.79 Å². The van der Waals surface area contributed by atoms with E-state index in [4.69, 9.17) is 0 Å². The highest BCUT2D eigenvalue weighted by molar-refractivity contribution is 7.13. The van der Waals surface area contributed by atoms with Crippen molar-refractivity contribution in [1.29, 1.82) is 0 Å². The zero-order valence-corrected chi connectivity index (χ0v) is 12.9. The predicted molar refractivity (Wildman–Crippen MR) is 85.9 cm³/mol. The summed E-state index contributed by atoms with van der Waals surface area (Å²) in [7, 11) is 1.88. The number of aryl methyl sites for hydroxylation is 1. The third-order valence-electron chi connectivity index (χ3n) is 3.41. The molecular formula is C15H16N4OS. The number of anilines is 2. The molecule has 0 fully saturated rings. The van der Waals surface area contributed by atoms with Crippen molar-refractivity contribution in [3.63, 3.8) is 0 Å². The minimum Gasteiger partial charge on any atom is -0.325 e. The summed E-state index contributed by atoms with van der Waals surface area (Å²) in [6.07, 6.45) is 0. The number of nitrogens with zero attached hydrogens (tertiary/aromatic N) is 3. The minimum absolute atomic E-state index is 0.0750. The third-order valence-corrected chi connectivity index (χ3v) is 4.28. The van der Waals surface area contributed by atoms with E-state index in [-0.39, 0.29) is 5.56 Å². The molecule has 0 aliphatic heterocycles. The predicted octanol–water partition coefficient (Wildman–Crippen LogP) is 2.99. The van der Waals surface area contributed by atoms with Crippen LogP contribution in [-0.2, 0) is 7.05 Å².